The average Bonchev–Trinajstić information content (AvgIpc) is 2.55. The molecular weight excluding hydrogens is 319 g/mol. The van der Waals surface area contributed by atoms with Crippen LogP contribution in [-0.4, -0.2) is 48.1 Å². The van der Waals surface area contributed by atoms with Crippen molar-refractivity contribution in [3.63, 3.8) is 0 Å². The van der Waals surface area contributed by atoms with Crippen LogP contribution >= 0.6 is 0 Å². The monoisotopic (exact) mass is 337 g/mol. The van der Waals surface area contributed by atoms with Gasteiger partial charge in [0.1, 0.15) is 5.82 Å². The van der Waals surface area contributed by atoms with Crippen LogP contribution in [0.1, 0.15) is 5.69 Å². The summed E-state index contributed by atoms with van der Waals surface area (Å²) in [5.74, 6) is -3.14. The van der Waals surface area contributed by atoms with Gasteiger partial charge in [0.2, 0.25) is 5.95 Å². The molecule has 0 amide bonds. The number of hydrogen-bond donors (Lipinski definition) is 1. The van der Waals surface area contributed by atoms with Crippen molar-refractivity contribution in [1.29, 1.82) is 0 Å². The maximum absolute atomic E-state index is 13.8. The molecule has 24 heavy (non-hydrogen) atoms. The summed E-state index contributed by atoms with van der Waals surface area (Å²) in [5.41, 5.74) is 0.528. The van der Waals surface area contributed by atoms with Gasteiger partial charge in [0.25, 0.3) is 0 Å². The van der Waals surface area contributed by atoms with Crippen molar-refractivity contribution in [2.24, 2.45) is 0 Å². The van der Waals surface area contributed by atoms with Crippen LogP contribution in [0.4, 0.5) is 30.6 Å². The van der Waals surface area contributed by atoms with E-state index in [-0.39, 0.29) is 5.69 Å². The molecule has 1 aromatic heterocycles. The molecule has 1 saturated heterocycles. The first-order valence-corrected chi connectivity index (χ1v) is 7.64. The number of nitrogens with one attached hydrogen (secondary N) is 1. The second-order valence-electron chi connectivity index (χ2n) is 5.83. The molecule has 0 bridgehead atoms. The van der Waals surface area contributed by atoms with E-state index in [2.05, 4.69) is 20.2 Å². The fourth-order valence-corrected chi connectivity index (χ4v) is 2.53. The molecule has 1 N–H and O–H groups in total. The van der Waals surface area contributed by atoms with E-state index in [1.165, 1.54) is 0 Å². The molecule has 0 atom stereocenters. The number of benzene rings is 1. The van der Waals surface area contributed by atoms with Gasteiger partial charge in [0, 0.05) is 37.9 Å². The van der Waals surface area contributed by atoms with Crippen LogP contribution in [-0.2, 0) is 0 Å². The Morgan fingerprint density at radius 2 is 1.71 bits per heavy atom. The van der Waals surface area contributed by atoms with Crippen LogP contribution in [0.5, 0.6) is 0 Å². The number of aryl methyl sites for hydroxylation is 1. The maximum Gasteiger partial charge on any atom is 0.227 e. The largest absolute Gasteiger partial charge is 0.338 e. The standard InChI is InChI=1S/C16H18F3N5/c1-10-9-13(21-12-4-3-11(17)14(18)15(12)19)22-16(20-10)24-7-5-23(2)6-8-24/h3-4,9H,5-8H2,1-2H3,(H,20,21,22). The van der Waals surface area contributed by atoms with Gasteiger partial charge in [-0.15, -0.1) is 0 Å². The maximum atomic E-state index is 13.8. The molecule has 8 heteroatoms. The summed E-state index contributed by atoms with van der Waals surface area (Å²) >= 11 is 0. The highest BCUT2D eigenvalue weighted by Gasteiger charge is 2.18. The Morgan fingerprint density at radius 1 is 1.00 bits per heavy atom. The van der Waals surface area contributed by atoms with Crippen LogP contribution in [0, 0.1) is 24.4 Å². The first-order chi connectivity index (χ1) is 11.4. The zero-order chi connectivity index (χ0) is 17.3. The van der Waals surface area contributed by atoms with Crippen LogP contribution in [0.3, 0.4) is 0 Å². The smallest absolute Gasteiger partial charge is 0.227 e. The third kappa shape index (κ3) is 3.43. The van der Waals surface area contributed by atoms with E-state index < -0.39 is 17.5 Å². The Balaban J connectivity index is 1.85. The summed E-state index contributed by atoms with van der Waals surface area (Å²) in [6.07, 6.45) is 0. The van der Waals surface area contributed by atoms with Crippen LogP contribution in [0.15, 0.2) is 18.2 Å². The Bertz CT molecular complexity index is 745. The zero-order valence-corrected chi connectivity index (χ0v) is 13.5. The number of anilines is 3. The fourth-order valence-electron chi connectivity index (χ4n) is 2.53. The van der Waals surface area contributed by atoms with E-state index in [9.17, 15) is 13.2 Å². The number of rotatable bonds is 3. The average molecular weight is 337 g/mol. The highest BCUT2D eigenvalue weighted by molar-refractivity contribution is 5.58. The number of aromatic nitrogens is 2. The predicted molar refractivity (Wildman–Crippen MR) is 86.1 cm³/mol. The van der Waals surface area contributed by atoms with Crippen molar-refractivity contribution in [1.82, 2.24) is 14.9 Å². The van der Waals surface area contributed by atoms with E-state index in [0.29, 0.717) is 17.5 Å². The van der Waals surface area contributed by atoms with E-state index in [1.807, 2.05) is 11.9 Å². The topological polar surface area (TPSA) is 44.3 Å². The normalized spacial score (nSPS) is 15.6. The first-order valence-electron chi connectivity index (χ1n) is 7.64. The van der Waals surface area contributed by atoms with Gasteiger partial charge >= 0.3 is 0 Å². The van der Waals surface area contributed by atoms with Crippen molar-refractivity contribution >= 4 is 17.5 Å². The first kappa shape index (κ1) is 16.5. The molecule has 0 unspecified atom stereocenters. The van der Waals surface area contributed by atoms with E-state index in [4.69, 9.17) is 0 Å². The van der Waals surface area contributed by atoms with Crippen LogP contribution in [0.25, 0.3) is 0 Å². The van der Waals surface area contributed by atoms with Gasteiger partial charge in [-0.05, 0) is 26.1 Å². The quantitative estimate of drug-likeness (QED) is 0.873. The third-order valence-corrected chi connectivity index (χ3v) is 3.93. The summed E-state index contributed by atoms with van der Waals surface area (Å²) in [4.78, 5) is 13.0. The summed E-state index contributed by atoms with van der Waals surface area (Å²) in [6.45, 7) is 5.18. The second-order valence-corrected chi connectivity index (χ2v) is 5.83. The lowest BCUT2D eigenvalue weighted by Gasteiger charge is -2.32. The van der Waals surface area contributed by atoms with Crippen molar-refractivity contribution < 1.29 is 13.2 Å². The van der Waals surface area contributed by atoms with Crippen molar-refractivity contribution in [3.8, 4) is 0 Å². The Labute approximate surface area is 138 Å². The molecule has 1 fully saturated rings. The van der Waals surface area contributed by atoms with Gasteiger partial charge in [-0.25, -0.2) is 18.2 Å². The highest BCUT2D eigenvalue weighted by atomic mass is 19.2. The molecule has 3 rings (SSSR count). The van der Waals surface area contributed by atoms with Crippen molar-refractivity contribution in [2.45, 2.75) is 6.92 Å². The summed E-state index contributed by atoms with van der Waals surface area (Å²) in [7, 11) is 2.05. The highest BCUT2D eigenvalue weighted by Crippen LogP contribution is 2.24. The Morgan fingerprint density at radius 3 is 2.42 bits per heavy atom. The molecule has 0 saturated carbocycles. The molecule has 0 spiro atoms. The molecule has 2 heterocycles. The van der Waals surface area contributed by atoms with Gasteiger partial charge in [0.15, 0.2) is 17.5 Å². The number of hydrogen-bond acceptors (Lipinski definition) is 5. The van der Waals surface area contributed by atoms with Crippen LogP contribution < -0.4 is 10.2 Å². The molecule has 2 aromatic rings. The molecular formula is C16H18F3N5. The van der Waals surface area contributed by atoms with E-state index in [0.717, 1.165) is 38.3 Å². The number of piperazine rings is 1. The fraction of sp³-hybridized carbons (Fsp3) is 0.375. The summed E-state index contributed by atoms with van der Waals surface area (Å²) in [6, 6.07) is 3.64. The van der Waals surface area contributed by atoms with Gasteiger partial charge in [0.05, 0.1) is 5.69 Å². The lowest BCUT2D eigenvalue weighted by Crippen LogP contribution is -2.45. The SMILES string of the molecule is Cc1cc(Nc2ccc(F)c(F)c2F)nc(N2CCN(C)CC2)n1. The third-order valence-electron chi connectivity index (χ3n) is 3.93. The molecule has 1 aliphatic rings. The van der Waals surface area contributed by atoms with Gasteiger partial charge in [-0.1, -0.05) is 0 Å². The molecule has 128 valence electrons. The van der Waals surface area contributed by atoms with Gasteiger partial charge < -0.3 is 15.1 Å². The number of halogens is 3. The molecule has 5 nitrogen and oxygen atoms in total. The van der Waals surface area contributed by atoms with Gasteiger partial charge in [-0.3, -0.25) is 0 Å². The predicted octanol–water partition coefficient (Wildman–Crippen LogP) is 2.70. The lowest BCUT2D eigenvalue weighted by molar-refractivity contribution is 0.311. The molecule has 0 aliphatic carbocycles. The molecule has 1 aliphatic heterocycles. The summed E-state index contributed by atoms with van der Waals surface area (Å²) < 4.78 is 40.2. The minimum Gasteiger partial charge on any atom is -0.338 e. The van der Waals surface area contributed by atoms with E-state index in [1.54, 1.807) is 13.0 Å². The second kappa shape index (κ2) is 6.64. The number of likely N-dealkylation sites (N-methyl/N-ethyl adjacent to an activating group) is 1. The van der Waals surface area contributed by atoms with Crippen LogP contribution in [0.2, 0.25) is 0 Å². The molecule has 0 radical (unpaired) electrons. The Kier molecular flexibility index (Phi) is 4.57. The molecule has 1 aromatic carbocycles. The van der Waals surface area contributed by atoms with Crippen molar-refractivity contribution in [3.05, 3.63) is 41.3 Å². The number of nitrogens with zero attached hydrogens (tertiary/aromatic N) is 4. The minimum atomic E-state index is -1.51. The lowest BCUT2D eigenvalue weighted by atomic mass is 10.2. The van der Waals surface area contributed by atoms with Gasteiger partial charge in [-0.2, -0.15) is 4.98 Å². The zero-order valence-electron chi connectivity index (χ0n) is 13.5. The Hall–Kier alpha value is -2.35. The summed E-state index contributed by atoms with van der Waals surface area (Å²) in [5, 5.41) is 2.70. The van der Waals surface area contributed by atoms with Crippen molar-refractivity contribution in [2.75, 3.05) is 43.4 Å². The van der Waals surface area contributed by atoms with E-state index >= 15 is 0 Å². The minimum absolute atomic E-state index is 0.170.